The molecule has 0 aliphatic carbocycles. The molecule has 0 saturated carbocycles. The number of carbonyl (C=O) groups is 1. The fourth-order valence-electron chi connectivity index (χ4n) is 2.09. The van der Waals surface area contributed by atoms with E-state index in [1.165, 1.54) is 0 Å². The fourth-order valence-corrected chi connectivity index (χ4v) is 2.09. The smallest absolute Gasteiger partial charge is 0.252 e. The van der Waals surface area contributed by atoms with Crippen LogP contribution in [-0.4, -0.2) is 10.9 Å². The van der Waals surface area contributed by atoms with E-state index in [2.05, 4.69) is 4.98 Å². The lowest BCUT2D eigenvalue weighted by Crippen LogP contribution is -2.13. The van der Waals surface area contributed by atoms with Crippen LogP contribution in [0.4, 0.5) is 5.69 Å². The number of para-hydroxylation sites is 2. The summed E-state index contributed by atoms with van der Waals surface area (Å²) in [5.41, 5.74) is 12.7. The van der Waals surface area contributed by atoms with Gasteiger partial charge in [0, 0.05) is 5.39 Å². The lowest BCUT2D eigenvalue weighted by molar-refractivity contribution is 0.0998. The molecule has 0 radical (unpaired) electrons. The number of nitrogens with two attached hydrogens (primary N) is 2. The van der Waals surface area contributed by atoms with Crippen molar-refractivity contribution in [2.45, 2.75) is 0 Å². The normalized spacial score (nSPS) is 10.5. The number of nitrogens with zero attached hydrogens (tertiary/aromatic N) is 1. The van der Waals surface area contributed by atoms with E-state index in [1.807, 2.05) is 30.3 Å². The molecule has 1 aromatic heterocycles. The highest BCUT2D eigenvalue weighted by molar-refractivity contribution is 5.97. The maximum Gasteiger partial charge on any atom is 0.252 e. The summed E-state index contributed by atoms with van der Waals surface area (Å²) >= 11 is 0. The quantitative estimate of drug-likeness (QED) is 0.721. The van der Waals surface area contributed by atoms with Gasteiger partial charge >= 0.3 is 0 Å². The minimum absolute atomic E-state index is 0.239. The number of carbonyl (C=O) groups excluding carboxylic acids is 1. The third-order valence-corrected chi connectivity index (χ3v) is 3.10. The van der Waals surface area contributed by atoms with Crippen LogP contribution in [0.2, 0.25) is 0 Å². The number of anilines is 1. The molecule has 5 heteroatoms. The van der Waals surface area contributed by atoms with E-state index in [0.29, 0.717) is 11.4 Å². The van der Waals surface area contributed by atoms with Gasteiger partial charge in [0.15, 0.2) is 5.75 Å². The van der Waals surface area contributed by atoms with Crippen molar-refractivity contribution in [1.29, 1.82) is 0 Å². The van der Waals surface area contributed by atoms with Crippen molar-refractivity contribution >= 4 is 22.5 Å². The van der Waals surface area contributed by atoms with Crippen LogP contribution in [-0.2, 0) is 0 Å². The maximum atomic E-state index is 11.4. The second kappa shape index (κ2) is 5.13. The molecule has 21 heavy (non-hydrogen) atoms. The largest absolute Gasteiger partial charge is 0.453 e. The van der Waals surface area contributed by atoms with Gasteiger partial charge in [0.25, 0.3) is 5.91 Å². The summed E-state index contributed by atoms with van der Waals surface area (Å²) in [4.78, 5) is 15.7. The first-order chi connectivity index (χ1) is 10.1. The van der Waals surface area contributed by atoms with Crippen molar-refractivity contribution in [2.24, 2.45) is 5.73 Å². The number of ether oxygens (including phenoxy) is 1. The Hall–Kier alpha value is -3.08. The molecule has 0 aliphatic heterocycles. The molecule has 0 atom stereocenters. The second-order valence-electron chi connectivity index (χ2n) is 4.55. The van der Waals surface area contributed by atoms with Gasteiger partial charge in [-0.05, 0) is 24.3 Å². The Morgan fingerprint density at radius 2 is 1.90 bits per heavy atom. The number of pyridine rings is 1. The first-order valence-electron chi connectivity index (χ1n) is 6.36. The van der Waals surface area contributed by atoms with Crippen LogP contribution in [0.3, 0.4) is 0 Å². The van der Waals surface area contributed by atoms with E-state index < -0.39 is 5.91 Å². The molecule has 3 rings (SSSR count). The average Bonchev–Trinajstić information content (AvgIpc) is 2.49. The molecule has 0 saturated heterocycles. The molecule has 0 fully saturated rings. The van der Waals surface area contributed by atoms with Crippen LogP contribution in [0.25, 0.3) is 10.9 Å². The standard InChI is InChI=1S/C16H13N3O2/c17-13-6-3-5-12(16(18)20)15(13)21-11-8-10-4-1-2-7-14(10)19-9-11/h1-9H,17H2,(H2,18,20). The van der Waals surface area contributed by atoms with Crippen LogP contribution in [0.1, 0.15) is 10.4 Å². The molecule has 4 N–H and O–H groups in total. The highest BCUT2D eigenvalue weighted by Gasteiger charge is 2.13. The summed E-state index contributed by atoms with van der Waals surface area (Å²) in [7, 11) is 0. The van der Waals surface area contributed by atoms with Gasteiger partial charge in [-0.25, -0.2) is 0 Å². The van der Waals surface area contributed by atoms with E-state index in [9.17, 15) is 4.79 Å². The van der Waals surface area contributed by atoms with E-state index in [1.54, 1.807) is 24.4 Å². The Balaban J connectivity index is 2.04. The van der Waals surface area contributed by atoms with Crippen LogP contribution in [0, 0.1) is 0 Å². The molecule has 1 amide bonds. The molecule has 3 aromatic rings. The van der Waals surface area contributed by atoms with Gasteiger partial charge in [-0.3, -0.25) is 9.78 Å². The van der Waals surface area contributed by atoms with Crippen molar-refractivity contribution in [3.8, 4) is 11.5 Å². The topological polar surface area (TPSA) is 91.2 Å². The van der Waals surface area contributed by atoms with Gasteiger partial charge in [-0.15, -0.1) is 0 Å². The molecular formula is C16H13N3O2. The zero-order chi connectivity index (χ0) is 14.8. The highest BCUT2D eigenvalue weighted by atomic mass is 16.5. The van der Waals surface area contributed by atoms with Crippen molar-refractivity contribution in [3.05, 3.63) is 60.3 Å². The summed E-state index contributed by atoms with van der Waals surface area (Å²) in [6, 6.07) is 14.4. The molecule has 0 aliphatic rings. The predicted octanol–water partition coefficient (Wildman–Crippen LogP) is 2.71. The van der Waals surface area contributed by atoms with Gasteiger partial charge in [0.05, 0.1) is 23.0 Å². The number of benzene rings is 2. The first kappa shape index (κ1) is 12.9. The first-order valence-corrected chi connectivity index (χ1v) is 6.36. The Morgan fingerprint density at radius 1 is 1.10 bits per heavy atom. The lowest BCUT2D eigenvalue weighted by atomic mass is 10.1. The average molecular weight is 279 g/mol. The SMILES string of the molecule is NC(=O)c1cccc(N)c1Oc1cnc2ccccc2c1. The van der Waals surface area contributed by atoms with E-state index in [4.69, 9.17) is 16.2 Å². The monoisotopic (exact) mass is 279 g/mol. The van der Waals surface area contributed by atoms with E-state index in [0.717, 1.165) is 10.9 Å². The number of aromatic nitrogens is 1. The Kier molecular flexibility index (Phi) is 3.16. The van der Waals surface area contributed by atoms with Crippen LogP contribution < -0.4 is 16.2 Å². The third kappa shape index (κ3) is 2.49. The minimum Gasteiger partial charge on any atom is -0.453 e. The molecule has 0 unspecified atom stereocenters. The number of primary amides is 1. The summed E-state index contributed by atoms with van der Waals surface area (Å²) in [6.45, 7) is 0. The molecule has 1 heterocycles. The Labute approximate surface area is 121 Å². The molecule has 2 aromatic carbocycles. The number of fused-ring (bicyclic) bond motifs is 1. The fraction of sp³-hybridized carbons (Fsp3) is 0. The zero-order valence-electron chi connectivity index (χ0n) is 11.1. The van der Waals surface area contributed by atoms with Gasteiger partial charge in [-0.2, -0.15) is 0 Å². The molecule has 0 bridgehead atoms. The lowest BCUT2D eigenvalue weighted by Gasteiger charge is -2.11. The molecular weight excluding hydrogens is 266 g/mol. The van der Waals surface area contributed by atoms with Crippen molar-refractivity contribution in [1.82, 2.24) is 4.98 Å². The van der Waals surface area contributed by atoms with Crippen molar-refractivity contribution in [3.63, 3.8) is 0 Å². The van der Waals surface area contributed by atoms with E-state index in [-0.39, 0.29) is 11.3 Å². The minimum atomic E-state index is -0.592. The number of nitrogen functional groups attached to an aromatic ring is 1. The summed E-state index contributed by atoms with van der Waals surface area (Å²) in [5.74, 6) is 0.155. The van der Waals surface area contributed by atoms with Crippen molar-refractivity contribution < 1.29 is 9.53 Å². The van der Waals surface area contributed by atoms with E-state index >= 15 is 0 Å². The highest BCUT2D eigenvalue weighted by Crippen LogP contribution is 2.31. The Bertz CT molecular complexity index is 831. The van der Waals surface area contributed by atoms with Crippen molar-refractivity contribution in [2.75, 3.05) is 5.73 Å². The number of hydrogen-bond donors (Lipinski definition) is 2. The van der Waals surface area contributed by atoms with Gasteiger partial charge < -0.3 is 16.2 Å². The number of hydrogen-bond acceptors (Lipinski definition) is 4. The number of amides is 1. The summed E-state index contributed by atoms with van der Waals surface area (Å²) < 4.78 is 5.72. The van der Waals surface area contributed by atoms with Gasteiger partial charge in [-0.1, -0.05) is 24.3 Å². The summed E-state index contributed by atoms with van der Waals surface area (Å²) in [5, 5.41) is 0.935. The zero-order valence-corrected chi connectivity index (χ0v) is 11.1. The van der Waals surface area contributed by atoms with Gasteiger partial charge in [0.2, 0.25) is 0 Å². The molecule has 0 spiro atoms. The van der Waals surface area contributed by atoms with Crippen LogP contribution >= 0.6 is 0 Å². The third-order valence-electron chi connectivity index (χ3n) is 3.10. The maximum absolute atomic E-state index is 11.4. The second-order valence-corrected chi connectivity index (χ2v) is 4.55. The predicted molar refractivity (Wildman–Crippen MR) is 81.2 cm³/mol. The Morgan fingerprint density at radius 3 is 2.71 bits per heavy atom. The van der Waals surface area contributed by atoms with Gasteiger partial charge in [0.1, 0.15) is 5.75 Å². The van der Waals surface area contributed by atoms with Crippen LogP contribution in [0.5, 0.6) is 11.5 Å². The summed E-state index contributed by atoms with van der Waals surface area (Å²) in [6.07, 6.45) is 1.58. The number of rotatable bonds is 3. The molecule has 104 valence electrons. The van der Waals surface area contributed by atoms with Crippen LogP contribution in [0.15, 0.2) is 54.7 Å². The molecule has 5 nitrogen and oxygen atoms in total.